The molecule has 35 heavy (non-hydrogen) atoms. The fraction of sp³-hybridized carbons (Fsp3) is 0.0800. The Labute approximate surface area is 216 Å². The molecule has 0 saturated carbocycles. The van der Waals surface area contributed by atoms with Gasteiger partial charge in [0.1, 0.15) is 16.5 Å². The zero-order valence-electron chi connectivity index (χ0n) is 17.8. The predicted octanol–water partition coefficient (Wildman–Crippen LogP) is 6.49. The van der Waals surface area contributed by atoms with Gasteiger partial charge in [-0.25, -0.2) is 17.1 Å². The summed E-state index contributed by atoms with van der Waals surface area (Å²) in [5, 5.41) is 1.01. The van der Waals surface area contributed by atoms with Crippen LogP contribution >= 0.6 is 34.8 Å². The maximum Gasteiger partial charge on any atom is 0.269 e. The highest BCUT2D eigenvalue weighted by Crippen LogP contribution is 2.49. The molecular formula is C25H16Cl3FN2O3S. The van der Waals surface area contributed by atoms with Crippen molar-refractivity contribution in [3.8, 4) is 0 Å². The summed E-state index contributed by atoms with van der Waals surface area (Å²) in [4.78, 5) is 12.6. The Morgan fingerprint density at radius 3 is 1.83 bits per heavy atom. The van der Waals surface area contributed by atoms with Gasteiger partial charge in [0, 0.05) is 21.1 Å². The number of rotatable bonds is 4. The monoisotopic (exact) mass is 548 g/mol. The van der Waals surface area contributed by atoms with Gasteiger partial charge < -0.3 is 0 Å². The zero-order chi connectivity index (χ0) is 24.9. The van der Waals surface area contributed by atoms with E-state index in [-0.39, 0.29) is 10.8 Å². The van der Waals surface area contributed by atoms with Crippen molar-refractivity contribution in [1.82, 2.24) is 4.57 Å². The molecular weight excluding hydrogens is 534 g/mol. The Morgan fingerprint density at radius 1 is 0.714 bits per heavy atom. The molecule has 0 N–H and O–H groups in total. The second-order valence-electron chi connectivity index (χ2n) is 7.96. The van der Waals surface area contributed by atoms with Gasteiger partial charge in [-0.05, 0) is 59.7 Å². The molecule has 3 aromatic carbocycles. The van der Waals surface area contributed by atoms with E-state index < -0.39 is 38.4 Å². The summed E-state index contributed by atoms with van der Waals surface area (Å²) in [7, 11) is -4.49. The first-order valence-corrected chi connectivity index (χ1v) is 13.0. The second kappa shape index (κ2) is 8.99. The number of benzene rings is 3. The standard InChI is InChI=1S/C25H16Cl3FN2O3S/c26-17-8-4-15(5-9-17)24-25(16-6-10-18(27)11-7-16)31(22-2-1-3-23(32)30(22)24)35(33,34)21-13-12-19(28)14-20(21)29/h1-14,24-25H/t24-,25+/m0/s1. The Morgan fingerprint density at radius 2 is 1.26 bits per heavy atom. The Hall–Kier alpha value is -2.84. The number of halogens is 4. The SMILES string of the molecule is O=c1cccc2n1[C@@H](c1ccc(Cl)cc1)[C@@H](c1ccc(Cl)cc1)N2S(=O)(=O)c1ccc(Cl)cc1F. The molecule has 1 aliphatic rings. The van der Waals surface area contributed by atoms with Gasteiger partial charge in [-0.2, -0.15) is 0 Å². The summed E-state index contributed by atoms with van der Waals surface area (Å²) in [5.74, 6) is -0.890. The van der Waals surface area contributed by atoms with Gasteiger partial charge in [0.15, 0.2) is 0 Å². The van der Waals surface area contributed by atoms with Crippen LogP contribution in [0.4, 0.5) is 10.2 Å². The van der Waals surface area contributed by atoms with Crippen LogP contribution in [-0.2, 0) is 10.0 Å². The number of pyridine rings is 1. The van der Waals surface area contributed by atoms with Crippen LogP contribution < -0.4 is 9.86 Å². The summed E-state index contributed by atoms with van der Waals surface area (Å²) in [5.41, 5.74) is 0.810. The van der Waals surface area contributed by atoms with E-state index in [2.05, 4.69) is 0 Å². The minimum atomic E-state index is -4.49. The Kier molecular flexibility index (Phi) is 6.13. The van der Waals surface area contributed by atoms with Gasteiger partial charge in [0.25, 0.3) is 15.6 Å². The molecule has 0 amide bonds. The van der Waals surface area contributed by atoms with Gasteiger partial charge in [-0.15, -0.1) is 0 Å². The molecule has 4 aromatic rings. The molecule has 1 aliphatic heterocycles. The number of fused-ring (bicyclic) bond motifs is 1. The van der Waals surface area contributed by atoms with E-state index in [1.165, 1.54) is 28.8 Å². The molecule has 5 rings (SSSR count). The minimum absolute atomic E-state index is 0.0628. The summed E-state index contributed by atoms with van der Waals surface area (Å²) in [6.45, 7) is 0. The largest absolute Gasteiger partial charge is 0.284 e. The van der Waals surface area contributed by atoms with Crippen LogP contribution in [-0.4, -0.2) is 13.0 Å². The summed E-state index contributed by atoms with van der Waals surface area (Å²) in [6, 6.07) is 19.5. The van der Waals surface area contributed by atoms with Crippen molar-refractivity contribution in [2.45, 2.75) is 17.0 Å². The number of nitrogens with zero attached hydrogens (tertiary/aromatic N) is 2. The van der Waals surface area contributed by atoms with Crippen LogP contribution in [0.5, 0.6) is 0 Å². The van der Waals surface area contributed by atoms with Crippen molar-refractivity contribution in [1.29, 1.82) is 0 Å². The fourth-order valence-corrected chi connectivity index (χ4v) is 6.49. The van der Waals surface area contributed by atoms with E-state index in [1.807, 2.05) is 0 Å². The highest BCUT2D eigenvalue weighted by molar-refractivity contribution is 7.92. The zero-order valence-corrected chi connectivity index (χ0v) is 20.9. The molecule has 0 unspecified atom stereocenters. The van der Waals surface area contributed by atoms with Crippen molar-refractivity contribution >= 4 is 50.6 Å². The average molecular weight is 550 g/mol. The number of aromatic nitrogens is 1. The van der Waals surface area contributed by atoms with Crippen LogP contribution in [0, 0.1) is 5.82 Å². The lowest BCUT2D eigenvalue weighted by molar-refractivity contribution is 0.525. The normalized spacial score (nSPS) is 17.4. The smallest absolute Gasteiger partial charge is 0.269 e. The van der Waals surface area contributed by atoms with Gasteiger partial charge in [0.05, 0.1) is 12.1 Å². The highest BCUT2D eigenvalue weighted by Gasteiger charge is 2.47. The van der Waals surface area contributed by atoms with E-state index >= 15 is 0 Å². The third-order valence-electron chi connectivity index (χ3n) is 5.88. The number of sulfonamides is 1. The van der Waals surface area contributed by atoms with Gasteiger partial charge in [0.2, 0.25) is 0 Å². The van der Waals surface area contributed by atoms with E-state index in [4.69, 9.17) is 34.8 Å². The van der Waals surface area contributed by atoms with Crippen LogP contribution in [0.1, 0.15) is 23.2 Å². The number of hydrogen-bond acceptors (Lipinski definition) is 3. The van der Waals surface area contributed by atoms with E-state index in [1.54, 1.807) is 48.5 Å². The molecule has 0 fully saturated rings. The van der Waals surface area contributed by atoms with Gasteiger partial charge >= 0.3 is 0 Å². The van der Waals surface area contributed by atoms with Crippen molar-refractivity contribution in [3.63, 3.8) is 0 Å². The molecule has 0 aliphatic carbocycles. The van der Waals surface area contributed by atoms with Crippen molar-refractivity contribution in [2.75, 3.05) is 4.31 Å². The Balaban J connectivity index is 1.82. The van der Waals surface area contributed by atoms with Crippen molar-refractivity contribution in [2.24, 2.45) is 0 Å². The molecule has 1 aromatic heterocycles. The first kappa shape index (κ1) is 23.9. The van der Waals surface area contributed by atoms with Crippen LogP contribution in [0.2, 0.25) is 15.1 Å². The first-order chi connectivity index (χ1) is 16.7. The maximum atomic E-state index is 14.9. The summed E-state index contributed by atoms with van der Waals surface area (Å²) >= 11 is 18.1. The lowest BCUT2D eigenvalue weighted by Gasteiger charge is -2.29. The van der Waals surface area contributed by atoms with E-state index in [0.717, 1.165) is 16.4 Å². The van der Waals surface area contributed by atoms with Crippen LogP contribution in [0.3, 0.4) is 0 Å². The average Bonchev–Trinajstić information content (AvgIpc) is 3.17. The van der Waals surface area contributed by atoms with E-state index in [9.17, 15) is 17.6 Å². The molecule has 2 heterocycles. The molecule has 0 spiro atoms. The first-order valence-electron chi connectivity index (χ1n) is 10.4. The number of anilines is 1. The molecule has 10 heteroatoms. The molecule has 2 atom stereocenters. The lowest BCUT2D eigenvalue weighted by atomic mass is 9.94. The van der Waals surface area contributed by atoms with E-state index in [0.29, 0.717) is 21.2 Å². The fourth-order valence-electron chi connectivity index (χ4n) is 4.39. The van der Waals surface area contributed by atoms with Crippen LogP contribution in [0.15, 0.2) is 94.6 Å². The number of hydrogen-bond donors (Lipinski definition) is 0. The lowest BCUT2D eigenvalue weighted by Crippen LogP contribution is -2.34. The predicted molar refractivity (Wildman–Crippen MR) is 136 cm³/mol. The Bertz CT molecular complexity index is 1590. The van der Waals surface area contributed by atoms with Gasteiger partial charge in [-0.3, -0.25) is 9.36 Å². The highest BCUT2D eigenvalue weighted by atomic mass is 35.5. The third-order valence-corrected chi connectivity index (χ3v) is 8.44. The summed E-state index contributed by atoms with van der Waals surface area (Å²) in [6.07, 6.45) is 0. The van der Waals surface area contributed by atoms with Crippen LogP contribution in [0.25, 0.3) is 0 Å². The summed E-state index contributed by atoms with van der Waals surface area (Å²) < 4.78 is 45.4. The quantitative estimate of drug-likeness (QED) is 0.292. The molecule has 0 saturated heterocycles. The molecule has 0 radical (unpaired) electrons. The maximum absolute atomic E-state index is 14.9. The third kappa shape index (κ3) is 4.12. The van der Waals surface area contributed by atoms with Gasteiger partial charge in [-0.1, -0.05) is 65.1 Å². The topological polar surface area (TPSA) is 59.4 Å². The van der Waals surface area contributed by atoms with Crippen molar-refractivity contribution in [3.05, 3.63) is 127 Å². The second-order valence-corrected chi connectivity index (χ2v) is 11.1. The molecule has 5 nitrogen and oxygen atoms in total. The molecule has 0 bridgehead atoms. The minimum Gasteiger partial charge on any atom is -0.284 e. The molecule has 178 valence electrons. The van der Waals surface area contributed by atoms with Crippen molar-refractivity contribution < 1.29 is 12.8 Å².